The van der Waals surface area contributed by atoms with Gasteiger partial charge < -0.3 is 15.6 Å². The highest BCUT2D eigenvalue weighted by Crippen LogP contribution is 2.39. The minimum absolute atomic E-state index is 0.0512. The number of halogens is 1. The van der Waals surface area contributed by atoms with E-state index in [4.69, 9.17) is 0 Å². The van der Waals surface area contributed by atoms with Crippen LogP contribution in [0.3, 0.4) is 0 Å². The van der Waals surface area contributed by atoms with Crippen LogP contribution in [0, 0.1) is 5.82 Å². The van der Waals surface area contributed by atoms with Crippen LogP contribution in [0.2, 0.25) is 0 Å². The number of nitrogens with one attached hydrogen (secondary N) is 4. The molecule has 142 valence electrons. The Bertz CT molecular complexity index is 1130. The van der Waals surface area contributed by atoms with E-state index in [1.54, 1.807) is 0 Å². The molecule has 1 aliphatic rings. The van der Waals surface area contributed by atoms with Crippen LogP contribution in [0.5, 0.6) is 0 Å². The quantitative estimate of drug-likeness (QED) is 0.393. The van der Waals surface area contributed by atoms with Gasteiger partial charge in [-0.1, -0.05) is 12.1 Å². The lowest BCUT2D eigenvalue weighted by Gasteiger charge is -2.16. The number of anilines is 3. The summed E-state index contributed by atoms with van der Waals surface area (Å²) in [5.41, 5.74) is 3.25. The molecule has 0 radical (unpaired) electrons. The zero-order valence-electron chi connectivity index (χ0n) is 15.3. The normalized spacial score (nSPS) is 14.9. The zero-order valence-corrected chi connectivity index (χ0v) is 15.3. The first kappa shape index (κ1) is 16.7. The van der Waals surface area contributed by atoms with Gasteiger partial charge in [0.2, 0.25) is 5.95 Å². The van der Waals surface area contributed by atoms with E-state index in [-0.39, 0.29) is 11.9 Å². The first-order valence-corrected chi connectivity index (χ1v) is 9.35. The molecule has 1 fully saturated rings. The molecule has 1 aliphatic carbocycles. The fourth-order valence-corrected chi connectivity index (χ4v) is 3.41. The molecule has 28 heavy (non-hydrogen) atoms. The van der Waals surface area contributed by atoms with E-state index in [9.17, 15) is 4.39 Å². The Labute approximate surface area is 160 Å². The predicted octanol–water partition coefficient (Wildman–Crippen LogP) is 4.61. The molecule has 3 heterocycles. The van der Waals surface area contributed by atoms with Crippen LogP contribution in [0.15, 0.2) is 42.7 Å². The predicted molar refractivity (Wildman–Crippen MR) is 106 cm³/mol. The van der Waals surface area contributed by atoms with E-state index in [2.05, 4.69) is 41.8 Å². The maximum absolute atomic E-state index is 14.2. The summed E-state index contributed by atoms with van der Waals surface area (Å²) >= 11 is 0. The lowest BCUT2D eigenvalue weighted by Crippen LogP contribution is -2.11. The summed E-state index contributed by atoms with van der Waals surface area (Å²) in [5.74, 6) is 1.02. The molecule has 8 heteroatoms. The number of fused-ring (bicyclic) bond motifs is 1. The van der Waals surface area contributed by atoms with Crippen molar-refractivity contribution in [3.8, 4) is 0 Å². The van der Waals surface area contributed by atoms with Crippen LogP contribution in [-0.4, -0.2) is 25.1 Å². The zero-order chi connectivity index (χ0) is 19.1. The van der Waals surface area contributed by atoms with Crippen LogP contribution in [0.4, 0.5) is 22.0 Å². The Hall–Kier alpha value is -3.42. The van der Waals surface area contributed by atoms with E-state index in [0.29, 0.717) is 17.7 Å². The van der Waals surface area contributed by atoms with E-state index in [0.717, 1.165) is 28.4 Å². The van der Waals surface area contributed by atoms with E-state index in [1.807, 2.05) is 37.4 Å². The van der Waals surface area contributed by atoms with Crippen LogP contribution < -0.4 is 10.6 Å². The van der Waals surface area contributed by atoms with Gasteiger partial charge in [-0.3, -0.25) is 5.10 Å². The highest BCUT2D eigenvalue weighted by molar-refractivity contribution is 5.83. The van der Waals surface area contributed by atoms with Gasteiger partial charge in [-0.25, -0.2) is 9.37 Å². The summed E-state index contributed by atoms with van der Waals surface area (Å²) in [6, 6.07) is 9.98. The summed E-state index contributed by atoms with van der Waals surface area (Å²) in [7, 11) is 0. The second kappa shape index (κ2) is 6.63. The number of aromatic nitrogens is 5. The van der Waals surface area contributed by atoms with Gasteiger partial charge in [-0.15, -0.1) is 0 Å². The minimum Gasteiger partial charge on any atom is -0.361 e. The maximum Gasteiger partial charge on any atom is 0.225 e. The van der Waals surface area contributed by atoms with Gasteiger partial charge in [0, 0.05) is 34.8 Å². The van der Waals surface area contributed by atoms with Crippen LogP contribution in [0.25, 0.3) is 10.9 Å². The molecular formula is C20H20FN7. The van der Waals surface area contributed by atoms with Crippen molar-refractivity contribution in [3.63, 3.8) is 0 Å². The van der Waals surface area contributed by atoms with Crippen LogP contribution in [-0.2, 0) is 0 Å². The largest absolute Gasteiger partial charge is 0.361 e. The summed E-state index contributed by atoms with van der Waals surface area (Å²) in [6.45, 7) is 2.03. The number of benzene rings is 1. The SMILES string of the molecule is C[C@@H](Nc1ncc(F)c(Nc2cc(C3CC3)[nH]n2)n1)c1cccc2[nH]ccc12. The minimum atomic E-state index is -0.526. The van der Waals surface area contributed by atoms with Gasteiger partial charge in [0.05, 0.1) is 12.2 Å². The number of nitrogens with zero attached hydrogens (tertiary/aromatic N) is 3. The monoisotopic (exact) mass is 377 g/mol. The summed E-state index contributed by atoms with van der Waals surface area (Å²) in [5, 5.41) is 14.5. The van der Waals surface area contributed by atoms with Gasteiger partial charge in [0.25, 0.3) is 0 Å². The highest BCUT2D eigenvalue weighted by Gasteiger charge is 2.25. The first-order chi connectivity index (χ1) is 13.7. The Balaban J connectivity index is 1.36. The third kappa shape index (κ3) is 3.17. The molecule has 0 aliphatic heterocycles. The van der Waals surface area contributed by atoms with E-state index in [1.165, 1.54) is 12.8 Å². The van der Waals surface area contributed by atoms with Gasteiger partial charge >= 0.3 is 0 Å². The van der Waals surface area contributed by atoms with E-state index >= 15 is 0 Å². The van der Waals surface area contributed by atoms with Gasteiger partial charge in [0.1, 0.15) is 0 Å². The summed E-state index contributed by atoms with van der Waals surface area (Å²) in [6.07, 6.45) is 5.42. The molecule has 5 rings (SSSR count). The fourth-order valence-electron chi connectivity index (χ4n) is 3.41. The molecule has 7 nitrogen and oxygen atoms in total. The van der Waals surface area contributed by atoms with Crippen molar-refractivity contribution in [3.05, 3.63) is 59.8 Å². The van der Waals surface area contributed by atoms with Crippen LogP contribution >= 0.6 is 0 Å². The highest BCUT2D eigenvalue weighted by atomic mass is 19.1. The van der Waals surface area contributed by atoms with Crippen molar-refractivity contribution >= 4 is 28.5 Å². The van der Waals surface area contributed by atoms with Crippen molar-refractivity contribution in [2.24, 2.45) is 0 Å². The van der Waals surface area contributed by atoms with Crippen molar-refractivity contribution in [1.82, 2.24) is 25.1 Å². The Morgan fingerprint density at radius 3 is 3.00 bits per heavy atom. The van der Waals surface area contributed by atoms with Crippen molar-refractivity contribution in [1.29, 1.82) is 0 Å². The Kier molecular flexibility index (Phi) is 3.96. The Morgan fingerprint density at radius 2 is 2.14 bits per heavy atom. The summed E-state index contributed by atoms with van der Waals surface area (Å²) in [4.78, 5) is 11.6. The average Bonchev–Trinajstić information content (AvgIpc) is 3.24. The number of aromatic amines is 2. The average molecular weight is 377 g/mol. The third-order valence-corrected chi connectivity index (χ3v) is 5.05. The van der Waals surface area contributed by atoms with Gasteiger partial charge in [-0.05, 0) is 37.5 Å². The molecule has 0 unspecified atom stereocenters. The molecule has 0 bridgehead atoms. The Morgan fingerprint density at radius 1 is 1.25 bits per heavy atom. The van der Waals surface area contributed by atoms with Crippen molar-refractivity contribution in [2.75, 3.05) is 10.6 Å². The topological polar surface area (TPSA) is 94.3 Å². The number of hydrogen-bond donors (Lipinski definition) is 4. The first-order valence-electron chi connectivity index (χ1n) is 9.35. The molecule has 1 atom stereocenters. The molecule has 1 aromatic carbocycles. The molecule has 3 aromatic heterocycles. The molecule has 0 amide bonds. The molecule has 1 saturated carbocycles. The van der Waals surface area contributed by atoms with Gasteiger partial charge in [-0.2, -0.15) is 10.1 Å². The standard InChI is InChI=1S/C20H20FN7/c1-11(13-3-2-4-16-14(13)7-8-22-16)24-20-23-10-15(21)19(26-20)25-18-9-17(27-28-18)12-5-6-12/h2-4,7-12,22H,5-6H2,1H3,(H3,23,24,25,26,27,28)/t11-/m1/s1. The molecule has 4 aromatic rings. The smallest absolute Gasteiger partial charge is 0.225 e. The van der Waals surface area contributed by atoms with Crippen molar-refractivity contribution in [2.45, 2.75) is 31.7 Å². The lowest BCUT2D eigenvalue weighted by molar-refractivity contribution is 0.618. The molecule has 4 N–H and O–H groups in total. The second-order valence-corrected chi connectivity index (χ2v) is 7.15. The second-order valence-electron chi connectivity index (χ2n) is 7.15. The van der Waals surface area contributed by atoms with E-state index < -0.39 is 5.82 Å². The third-order valence-electron chi connectivity index (χ3n) is 5.05. The number of H-pyrrole nitrogens is 2. The summed E-state index contributed by atoms with van der Waals surface area (Å²) < 4.78 is 14.2. The van der Waals surface area contributed by atoms with Crippen LogP contribution in [0.1, 0.15) is 43.0 Å². The van der Waals surface area contributed by atoms with Crippen molar-refractivity contribution < 1.29 is 4.39 Å². The number of rotatable bonds is 6. The molecule has 0 spiro atoms. The molecular weight excluding hydrogens is 357 g/mol. The molecule has 0 saturated heterocycles. The fraction of sp³-hybridized carbons (Fsp3) is 0.250. The number of hydrogen-bond acceptors (Lipinski definition) is 5. The lowest BCUT2D eigenvalue weighted by atomic mass is 10.0. The maximum atomic E-state index is 14.2. The van der Waals surface area contributed by atoms with Gasteiger partial charge in [0.15, 0.2) is 17.5 Å².